The lowest BCUT2D eigenvalue weighted by molar-refractivity contribution is 0.660. The van der Waals surface area contributed by atoms with Crippen LogP contribution in [0.3, 0.4) is 0 Å². The van der Waals surface area contributed by atoms with Crippen molar-refractivity contribution in [2.45, 2.75) is 38.5 Å². The molecule has 1 nitrogen and oxygen atoms in total. The van der Waals surface area contributed by atoms with E-state index < -0.39 is 0 Å². The number of hydrogen-bond donors (Lipinski definition) is 0. The van der Waals surface area contributed by atoms with Gasteiger partial charge in [0, 0.05) is 27.9 Å². The largest absolute Gasteiger partial charge is 0.310 e. The molecule has 0 amide bonds. The van der Waals surface area contributed by atoms with E-state index in [0.29, 0.717) is 0 Å². The molecule has 0 heterocycles. The summed E-state index contributed by atoms with van der Waals surface area (Å²) in [5.41, 5.74) is 19.1. The van der Waals surface area contributed by atoms with Crippen molar-refractivity contribution >= 4 is 27.8 Å². The fraction of sp³-hybridized carbons (Fsp3) is 0.115. The van der Waals surface area contributed by atoms with Gasteiger partial charge in [0.05, 0.1) is 0 Å². The fourth-order valence-corrected chi connectivity index (χ4v) is 9.35. The zero-order valence-corrected chi connectivity index (χ0v) is 30.7. The van der Waals surface area contributed by atoms with Crippen molar-refractivity contribution in [1.29, 1.82) is 0 Å². The molecule has 8 aromatic carbocycles. The third-order valence-electron chi connectivity index (χ3n) is 12.0. The molecule has 0 radical (unpaired) electrons. The van der Waals surface area contributed by atoms with Crippen LogP contribution in [0.25, 0.3) is 55.3 Å². The third-order valence-corrected chi connectivity index (χ3v) is 12.0. The first-order valence-corrected chi connectivity index (χ1v) is 18.8. The molecule has 10 rings (SSSR count). The van der Waals surface area contributed by atoms with E-state index >= 15 is 0 Å². The van der Waals surface area contributed by atoms with Crippen molar-refractivity contribution in [2.24, 2.45) is 0 Å². The Morgan fingerprint density at radius 2 is 0.868 bits per heavy atom. The topological polar surface area (TPSA) is 3.24 Å². The van der Waals surface area contributed by atoms with Crippen LogP contribution in [0, 0.1) is 0 Å². The number of hydrogen-bond acceptors (Lipinski definition) is 1. The maximum Gasteiger partial charge on any atom is 0.0467 e. The second-order valence-electron chi connectivity index (χ2n) is 15.8. The summed E-state index contributed by atoms with van der Waals surface area (Å²) in [4.78, 5) is 2.43. The van der Waals surface area contributed by atoms with E-state index in [0.717, 1.165) is 17.1 Å². The molecule has 254 valence electrons. The molecule has 8 aromatic rings. The first kappa shape index (κ1) is 31.5. The summed E-state index contributed by atoms with van der Waals surface area (Å²) in [6.07, 6.45) is 0. The fourth-order valence-electron chi connectivity index (χ4n) is 9.35. The highest BCUT2D eigenvalue weighted by Gasteiger charge is 2.38. The van der Waals surface area contributed by atoms with E-state index in [-0.39, 0.29) is 10.8 Å². The molecule has 0 saturated carbocycles. The van der Waals surface area contributed by atoms with Gasteiger partial charge in [-0.3, -0.25) is 0 Å². The minimum absolute atomic E-state index is 0.0781. The molecule has 1 heteroatoms. The molecule has 0 atom stereocenters. The van der Waals surface area contributed by atoms with Crippen molar-refractivity contribution in [2.75, 3.05) is 4.90 Å². The Hall–Kier alpha value is -6.18. The Morgan fingerprint density at radius 1 is 0.321 bits per heavy atom. The molecule has 53 heavy (non-hydrogen) atoms. The number of rotatable bonds is 5. The molecule has 0 aliphatic heterocycles. The van der Waals surface area contributed by atoms with Crippen LogP contribution in [0.1, 0.15) is 49.9 Å². The second kappa shape index (κ2) is 11.7. The molecule has 0 N–H and O–H groups in total. The summed E-state index contributed by atoms with van der Waals surface area (Å²) in [5, 5.41) is 2.51. The van der Waals surface area contributed by atoms with Crippen LogP contribution in [0.5, 0.6) is 0 Å². The Labute approximate surface area is 312 Å². The highest BCUT2D eigenvalue weighted by Crippen LogP contribution is 2.53. The van der Waals surface area contributed by atoms with Crippen LogP contribution in [0.15, 0.2) is 176 Å². The monoisotopic (exact) mass is 679 g/mol. The maximum absolute atomic E-state index is 2.43. The van der Waals surface area contributed by atoms with Crippen LogP contribution < -0.4 is 4.90 Å². The van der Waals surface area contributed by atoms with Crippen LogP contribution >= 0.6 is 0 Å². The van der Waals surface area contributed by atoms with E-state index in [1.165, 1.54) is 77.5 Å². The number of benzene rings is 8. The second-order valence-corrected chi connectivity index (χ2v) is 15.8. The van der Waals surface area contributed by atoms with E-state index in [1.54, 1.807) is 0 Å². The first-order chi connectivity index (χ1) is 25.8. The zero-order valence-electron chi connectivity index (χ0n) is 30.7. The normalized spacial score (nSPS) is 14.3. The summed E-state index contributed by atoms with van der Waals surface area (Å²) in [5.74, 6) is 0. The SMILES string of the molecule is CC1(C)c2ccccc2-c2ccc(N(c3ccc(-c4cccc5c4C(C)(C)c4ccccc4-5)cc3)c3cccc(-c4ccc5ccccc5c4)c3)cc21. The average Bonchev–Trinajstić information content (AvgIpc) is 3.58. The van der Waals surface area contributed by atoms with E-state index in [1.807, 2.05) is 0 Å². The average molecular weight is 680 g/mol. The van der Waals surface area contributed by atoms with Gasteiger partial charge in [-0.1, -0.05) is 161 Å². The predicted octanol–water partition coefficient (Wildman–Crippen LogP) is 14.3. The lowest BCUT2D eigenvalue weighted by Crippen LogP contribution is -2.16. The van der Waals surface area contributed by atoms with E-state index in [9.17, 15) is 0 Å². The summed E-state index contributed by atoms with van der Waals surface area (Å²) in [7, 11) is 0. The predicted molar refractivity (Wildman–Crippen MR) is 225 cm³/mol. The van der Waals surface area contributed by atoms with Crippen molar-refractivity contribution in [3.8, 4) is 44.5 Å². The minimum atomic E-state index is -0.0948. The Morgan fingerprint density at radius 3 is 1.66 bits per heavy atom. The van der Waals surface area contributed by atoms with Crippen LogP contribution in [-0.4, -0.2) is 0 Å². The standard InChI is InChI=1S/C52H41N/c1-51(2)47-21-9-7-17-43(47)45-30-29-41(33-49(45)51)53(40-16-11-15-37(32-40)38-24-23-34-13-5-6-14-36(34)31-38)39-27-25-35(26-28-39)42-19-12-20-46-44-18-8-10-22-48(44)52(3,4)50(42)46/h5-33H,1-4H3. The molecule has 0 saturated heterocycles. The smallest absolute Gasteiger partial charge is 0.0467 e. The van der Waals surface area contributed by atoms with Gasteiger partial charge in [0.25, 0.3) is 0 Å². The molecule has 0 spiro atoms. The Kier molecular flexibility index (Phi) is 6.94. The molecular weight excluding hydrogens is 639 g/mol. The molecule has 2 aliphatic rings. The molecule has 0 fully saturated rings. The quantitative estimate of drug-likeness (QED) is 0.175. The van der Waals surface area contributed by atoms with Crippen molar-refractivity contribution in [3.63, 3.8) is 0 Å². The Balaban J connectivity index is 1.11. The van der Waals surface area contributed by atoms with Gasteiger partial charge in [0.15, 0.2) is 0 Å². The van der Waals surface area contributed by atoms with Gasteiger partial charge in [0.1, 0.15) is 0 Å². The minimum Gasteiger partial charge on any atom is -0.310 e. The van der Waals surface area contributed by atoms with E-state index in [4.69, 9.17) is 0 Å². The first-order valence-electron chi connectivity index (χ1n) is 18.8. The molecule has 2 aliphatic carbocycles. The number of anilines is 3. The third kappa shape index (κ3) is 4.84. The van der Waals surface area contributed by atoms with E-state index in [2.05, 4.69) is 209 Å². The van der Waals surface area contributed by atoms with Crippen molar-refractivity contribution < 1.29 is 0 Å². The van der Waals surface area contributed by atoms with Gasteiger partial charge in [0.2, 0.25) is 0 Å². The Bertz CT molecular complexity index is 2730. The van der Waals surface area contributed by atoms with Gasteiger partial charge in [-0.2, -0.15) is 0 Å². The van der Waals surface area contributed by atoms with Crippen LogP contribution in [0.2, 0.25) is 0 Å². The number of fused-ring (bicyclic) bond motifs is 7. The summed E-state index contributed by atoms with van der Waals surface area (Å²) in [6, 6.07) is 65.3. The lowest BCUT2D eigenvalue weighted by Gasteiger charge is -2.29. The highest BCUT2D eigenvalue weighted by molar-refractivity contribution is 5.91. The molecular formula is C52H41N. The van der Waals surface area contributed by atoms with Crippen molar-refractivity contribution in [1.82, 2.24) is 0 Å². The maximum atomic E-state index is 2.43. The van der Waals surface area contributed by atoms with Gasteiger partial charge >= 0.3 is 0 Å². The van der Waals surface area contributed by atoms with Gasteiger partial charge < -0.3 is 4.90 Å². The summed E-state index contributed by atoms with van der Waals surface area (Å²) in [6.45, 7) is 9.46. The molecule has 0 unspecified atom stereocenters. The molecule has 0 aromatic heterocycles. The van der Waals surface area contributed by atoms with Crippen LogP contribution in [-0.2, 0) is 10.8 Å². The summed E-state index contributed by atoms with van der Waals surface area (Å²) < 4.78 is 0. The molecule has 0 bridgehead atoms. The highest BCUT2D eigenvalue weighted by atomic mass is 15.1. The number of nitrogens with zero attached hydrogens (tertiary/aromatic N) is 1. The lowest BCUT2D eigenvalue weighted by atomic mass is 9.79. The van der Waals surface area contributed by atoms with Gasteiger partial charge in [-0.05, 0) is 120 Å². The van der Waals surface area contributed by atoms with Crippen molar-refractivity contribution in [3.05, 3.63) is 198 Å². The van der Waals surface area contributed by atoms with Gasteiger partial charge in [-0.15, -0.1) is 0 Å². The summed E-state index contributed by atoms with van der Waals surface area (Å²) >= 11 is 0. The van der Waals surface area contributed by atoms with Gasteiger partial charge in [-0.25, -0.2) is 0 Å². The van der Waals surface area contributed by atoms with Crippen LogP contribution in [0.4, 0.5) is 17.1 Å². The zero-order chi connectivity index (χ0) is 35.9.